The predicted molar refractivity (Wildman–Crippen MR) is 102 cm³/mol. The summed E-state index contributed by atoms with van der Waals surface area (Å²) < 4.78 is 16.5. The van der Waals surface area contributed by atoms with Gasteiger partial charge in [0.05, 0.1) is 22.8 Å². The van der Waals surface area contributed by atoms with Crippen molar-refractivity contribution in [3.63, 3.8) is 0 Å². The molecule has 1 amide bonds. The average molecular weight is 417 g/mol. The van der Waals surface area contributed by atoms with Crippen LogP contribution in [0.4, 0.5) is 10.1 Å². The lowest BCUT2D eigenvalue weighted by Crippen LogP contribution is -2.14. The zero-order chi connectivity index (χ0) is 18.4. The first-order valence-corrected chi connectivity index (χ1v) is 9.38. The molecule has 1 aliphatic carbocycles. The Morgan fingerprint density at radius 2 is 2.12 bits per heavy atom. The van der Waals surface area contributed by atoms with E-state index in [9.17, 15) is 9.18 Å². The number of benzene rings is 1. The largest absolute Gasteiger partial charge is 0.319 e. The van der Waals surface area contributed by atoms with Crippen LogP contribution < -0.4 is 5.32 Å². The normalized spacial score (nSPS) is 14.2. The summed E-state index contributed by atoms with van der Waals surface area (Å²) in [6.07, 6.45) is 3.82. The first kappa shape index (κ1) is 17.1. The van der Waals surface area contributed by atoms with E-state index in [2.05, 4.69) is 26.3 Å². The molecule has 0 saturated heterocycles. The van der Waals surface area contributed by atoms with Gasteiger partial charge in [-0.3, -0.25) is 4.79 Å². The van der Waals surface area contributed by atoms with Gasteiger partial charge in [-0.15, -0.1) is 0 Å². The number of nitrogens with one attached hydrogen (secondary N) is 1. The fourth-order valence-electron chi connectivity index (χ4n) is 2.97. The lowest BCUT2D eigenvalue weighted by molar-refractivity contribution is 0.102. The van der Waals surface area contributed by atoms with Gasteiger partial charge in [0.1, 0.15) is 5.82 Å². The molecular formula is C19H18BrFN4O. The molecule has 0 bridgehead atoms. The molecule has 4 rings (SSSR count). The molecule has 134 valence electrons. The Morgan fingerprint density at radius 1 is 1.35 bits per heavy atom. The highest BCUT2D eigenvalue weighted by molar-refractivity contribution is 9.10. The maximum absolute atomic E-state index is 14.1. The topological polar surface area (TPSA) is 59.8 Å². The van der Waals surface area contributed by atoms with Crippen molar-refractivity contribution in [2.75, 3.05) is 5.32 Å². The van der Waals surface area contributed by atoms with E-state index in [1.807, 2.05) is 24.6 Å². The first-order chi connectivity index (χ1) is 12.4. The number of anilines is 1. The predicted octanol–water partition coefficient (Wildman–Crippen LogP) is 5.04. The van der Waals surface area contributed by atoms with Crippen LogP contribution in [0.15, 0.2) is 34.9 Å². The van der Waals surface area contributed by atoms with E-state index in [4.69, 9.17) is 4.98 Å². The summed E-state index contributed by atoms with van der Waals surface area (Å²) in [5.41, 5.74) is 2.23. The Kier molecular flexibility index (Phi) is 4.26. The van der Waals surface area contributed by atoms with Crippen molar-refractivity contribution in [3.8, 4) is 0 Å². The molecule has 1 aromatic carbocycles. The molecule has 7 heteroatoms. The van der Waals surface area contributed by atoms with Gasteiger partial charge in [0.2, 0.25) is 0 Å². The van der Waals surface area contributed by atoms with Crippen molar-refractivity contribution in [3.05, 3.63) is 52.0 Å². The second-order valence-electron chi connectivity index (χ2n) is 6.87. The van der Waals surface area contributed by atoms with Crippen LogP contribution in [0.1, 0.15) is 54.7 Å². The zero-order valence-electron chi connectivity index (χ0n) is 14.5. The summed E-state index contributed by atoms with van der Waals surface area (Å²) in [5.74, 6) is -0.451. The Balaban J connectivity index is 1.78. The molecule has 2 heterocycles. The monoisotopic (exact) mass is 416 g/mol. The molecular weight excluding hydrogens is 399 g/mol. The Bertz CT molecular complexity index is 1010. The van der Waals surface area contributed by atoms with Crippen LogP contribution in [0, 0.1) is 5.82 Å². The maximum Gasteiger partial charge on any atom is 0.256 e. The minimum absolute atomic E-state index is 0.134. The van der Waals surface area contributed by atoms with Gasteiger partial charge in [0.15, 0.2) is 5.65 Å². The van der Waals surface area contributed by atoms with Gasteiger partial charge in [-0.25, -0.2) is 14.1 Å². The third-order valence-corrected chi connectivity index (χ3v) is 4.99. The van der Waals surface area contributed by atoms with Crippen LogP contribution in [0.3, 0.4) is 0 Å². The molecule has 1 fully saturated rings. The van der Waals surface area contributed by atoms with Crippen molar-refractivity contribution in [1.82, 2.24) is 14.8 Å². The van der Waals surface area contributed by atoms with Crippen LogP contribution >= 0.6 is 15.9 Å². The van der Waals surface area contributed by atoms with Gasteiger partial charge in [-0.05, 0) is 51.0 Å². The van der Waals surface area contributed by atoms with Crippen molar-refractivity contribution in [1.29, 1.82) is 0 Å². The molecule has 0 unspecified atom stereocenters. The van der Waals surface area contributed by atoms with E-state index in [0.29, 0.717) is 27.0 Å². The second kappa shape index (κ2) is 6.46. The number of amides is 1. The number of pyridine rings is 1. The van der Waals surface area contributed by atoms with Gasteiger partial charge in [0, 0.05) is 22.1 Å². The minimum atomic E-state index is -0.488. The van der Waals surface area contributed by atoms with Gasteiger partial charge in [-0.1, -0.05) is 15.9 Å². The smallest absolute Gasteiger partial charge is 0.256 e. The van der Waals surface area contributed by atoms with Crippen LogP contribution in [-0.4, -0.2) is 20.7 Å². The fraction of sp³-hybridized carbons (Fsp3) is 0.316. The van der Waals surface area contributed by atoms with Gasteiger partial charge < -0.3 is 5.32 Å². The number of carbonyl (C=O) groups excluding carboxylic acids is 1. The lowest BCUT2D eigenvalue weighted by atomic mass is 10.1. The van der Waals surface area contributed by atoms with E-state index >= 15 is 0 Å². The highest BCUT2D eigenvalue weighted by Crippen LogP contribution is 2.40. The lowest BCUT2D eigenvalue weighted by Gasteiger charge is -2.11. The Hall–Kier alpha value is -2.28. The maximum atomic E-state index is 14.1. The molecule has 1 saturated carbocycles. The van der Waals surface area contributed by atoms with Gasteiger partial charge in [0.25, 0.3) is 5.91 Å². The Morgan fingerprint density at radius 3 is 2.77 bits per heavy atom. The molecule has 2 aromatic heterocycles. The zero-order valence-corrected chi connectivity index (χ0v) is 16.0. The van der Waals surface area contributed by atoms with E-state index in [0.717, 1.165) is 18.5 Å². The highest BCUT2D eigenvalue weighted by atomic mass is 79.9. The van der Waals surface area contributed by atoms with E-state index in [1.54, 1.807) is 12.3 Å². The third-order valence-electron chi connectivity index (χ3n) is 4.50. The molecule has 0 aliphatic heterocycles. The average Bonchev–Trinajstić information content (AvgIpc) is 3.35. The number of rotatable bonds is 4. The molecule has 0 atom stereocenters. The van der Waals surface area contributed by atoms with Crippen molar-refractivity contribution in [2.24, 2.45) is 0 Å². The molecule has 1 aliphatic rings. The molecule has 3 aromatic rings. The summed E-state index contributed by atoms with van der Waals surface area (Å²) in [6, 6.07) is 6.50. The summed E-state index contributed by atoms with van der Waals surface area (Å²) in [5, 5.41) is 7.74. The van der Waals surface area contributed by atoms with E-state index in [1.165, 1.54) is 12.1 Å². The summed E-state index contributed by atoms with van der Waals surface area (Å²) in [4.78, 5) is 17.6. The quantitative estimate of drug-likeness (QED) is 0.647. The number of nitrogens with zero attached hydrogens (tertiary/aromatic N) is 3. The van der Waals surface area contributed by atoms with E-state index in [-0.39, 0.29) is 17.6 Å². The number of aromatic nitrogens is 3. The van der Waals surface area contributed by atoms with Crippen LogP contribution in [-0.2, 0) is 0 Å². The molecule has 0 radical (unpaired) electrons. The second-order valence-corrected chi connectivity index (χ2v) is 7.78. The number of carbonyl (C=O) groups is 1. The van der Waals surface area contributed by atoms with Crippen molar-refractivity contribution in [2.45, 2.75) is 38.6 Å². The van der Waals surface area contributed by atoms with Crippen LogP contribution in [0.25, 0.3) is 11.0 Å². The summed E-state index contributed by atoms with van der Waals surface area (Å²) >= 11 is 3.22. The number of hydrogen-bond acceptors (Lipinski definition) is 3. The number of fused-ring (bicyclic) bond motifs is 1. The first-order valence-electron chi connectivity index (χ1n) is 8.58. The van der Waals surface area contributed by atoms with Gasteiger partial charge >= 0.3 is 0 Å². The standard InChI is InChI=1S/C19H18BrFN4O/c1-10(2)25-18-14(9-22-25)13(8-17(23-18)11-3-4-11)19(26)24-16-6-5-12(20)7-15(16)21/h5-11H,3-4H2,1-2H3,(H,24,26). The molecule has 1 N–H and O–H groups in total. The third kappa shape index (κ3) is 3.11. The Labute approximate surface area is 158 Å². The van der Waals surface area contributed by atoms with E-state index < -0.39 is 5.82 Å². The van der Waals surface area contributed by atoms with Gasteiger partial charge in [-0.2, -0.15) is 5.10 Å². The fourth-order valence-corrected chi connectivity index (χ4v) is 3.31. The molecule has 5 nitrogen and oxygen atoms in total. The van der Waals surface area contributed by atoms with Crippen molar-refractivity contribution >= 4 is 38.6 Å². The number of halogens is 2. The molecule has 26 heavy (non-hydrogen) atoms. The number of hydrogen-bond donors (Lipinski definition) is 1. The summed E-state index contributed by atoms with van der Waals surface area (Å²) in [6.45, 7) is 4.05. The van der Waals surface area contributed by atoms with Crippen LogP contribution in [0.5, 0.6) is 0 Å². The van der Waals surface area contributed by atoms with Crippen LogP contribution in [0.2, 0.25) is 0 Å². The highest BCUT2D eigenvalue weighted by Gasteiger charge is 2.28. The van der Waals surface area contributed by atoms with Crippen molar-refractivity contribution < 1.29 is 9.18 Å². The minimum Gasteiger partial charge on any atom is -0.319 e. The summed E-state index contributed by atoms with van der Waals surface area (Å²) in [7, 11) is 0. The SMILES string of the molecule is CC(C)n1ncc2c(C(=O)Nc3ccc(Br)cc3F)cc(C3CC3)nc21. The molecule has 0 spiro atoms.